The van der Waals surface area contributed by atoms with E-state index in [9.17, 15) is 23.8 Å². The molecule has 0 fully saturated rings. The lowest BCUT2D eigenvalue weighted by Crippen LogP contribution is -2.50. The largest absolute Gasteiger partial charge is 0.756 e. The number of esters is 2. The fraction of sp³-hybridized carbons (Fsp3) is 0.897. The second-order valence-corrected chi connectivity index (χ2v) is 13.0. The highest BCUT2D eigenvalue weighted by Crippen LogP contribution is 2.31. The molecule has 0 aliphatic carbocycles. The number of hydrogen-bond acceptors (Lipinski definition) is 8. The van der Waals surface area contributed by atoms with Gasteiger partial charge in [-0.1, -0.05) is 84.0 Å². The van der Waals surface area contributed by atoms with Crippen LogP contribution < -0.4 is 4.89 Å². The van der Waals surface area contributed by atoms with Gasteiger partial charge in [-0.15, -0.1) is 0 Å². The van der Waals surface area contributed by atoms with Crippen molar-refractivity contribution in [3.8, 4) is 0 Å². The molecule has 11 nitrogen and oxygen atoms in total. The van der Waals surface area contributed by atoms with Crippen molar-refractivity contribution in [2.45, 2.75) is 135 Å². The minimum atomic E-state index is -4.96. The summed E-state index contributed by atoms with van der Waals surface area (Å²) in [6, 6.07) is -0.527. The molecule has 0 amide bonds. The number of carboxylic acids is 1. The van der Waals surface area contributed by atoms with Gasteiger partial charge < -0.3 is 33.4 Å². The number of unbranched alkanes of at least 4 members (excludes halogenated alkanes) is 12. The van der Waals surface area contributed by atoms with Gasteiger partial charge in [-0.3, -0.25) is 18.9 Å². The highest BCUT2D eigenvalue weighted by atomic mass is 31.2. The van der Waals surface area contributed by atoms with Crippen LogP contribution in [0.5, 0.6) is 0 Å². The van der Waals surface area contributed by atoms with E-state index in [2.05, 4.69) is 11.4 Å². The van der Waals surface area contributed by atoms with Crippen LogP contribution in [-0.4, -0.2) is 78.9 Å². The number of hydrogen-bond donors (Lipinski definition) is 2. The highest BCUT2D eigenvalue weighted by molar-refractivity contribution is 7.44. The average Bonchev–Trinajstić information content (AvgIpc) is 2.86. The van der Waals surface area contributed by atoms with Crippen LogP contribution >= 0.6 is 7.82 Å². The number of phosphoric ester groups is 1. The van der Waals surface area contributed by atoms with Gasteiger partial charge in [0.25, 0.3) is 7.82 Å². The van der Waals surface area contributed by atoms with Crippen LogP contribution in [0.25, 0.3) is 0 Å². The molecular weight excluding hydrogens is 553 g/mol. The van der Waals surface area contributed by atoms with Crippen molar-refractivity contribution in [3.63, 3.8) is 0 Å². The summed E-state index contributed by atoms with van der Waals surface area (Å²) >= 11 is 0. The third kappa shape index (κ3) is 25.9. The molecule has 3 atom stereocenters. The molecule has 242 valence electrons. The van der Waals surface area contributed by atoms with Crippen LogP contribution in [0.1, 0.15) is 122 Å². The Morgan fingerprint density at radius 1 is 0.756 bits per heavy atom. The zero-order valence-corrected chi connectivity index (χ0v) is 26.7. The third-order valence-electron chi connectivity index (χ3n) is 7.04. The quantitative estimate of drug-likeness (QED) is 0.0554. The number of likely N-dealkylation sites (N-methyl/N-ethyl adjacent to an activating group) is 1. The molecule has 0 aromatic carbocycles. The minimum Gasteiger partial charge on any atom is -0.756 e. The first kappa shape index (κ1) is 39.5. The molecule has 2 N–H and O–H groups in total. The molecular formula is C29H56NO10P. The van der Waals surface area contributed by atoms with Crippen molar-refractivity contribution < 1.29 is 52.3 Å². The Bertz CT molecular complexity index is 765. The topological polar surface area (TPSA) is 159 Å². The molecule has 0 heterocycles. The molecule has 12 heteroatoms. The van der Waals surface area contributed by atoms with Crippen LogP contribution in [0.4, 0.5) is 0 Å². The number of carboxylic acid groups (broad SMARTS) is 1. The number of ether oxygens (including phenoxy) is 2. The molecule has 0 radical (unpaired) electrons. The van der Waals surface area contributed by atoms with Crippen molar-refractivity contribution in [1.82, 2.24) is 0 Å². The van der Waals surface area contributed by atoms with E-state index >= 15 is 0 Å². The number of quaternary nitrogens is 1. The Labute approximate surface area is 247 Å². The van der Waals surface area contributed by atoms with Gasteiger partial charge in [0.05, 0.1) is 21.1 Å². The summed E-state index contributed by atoms with van der Waals surface area (Å²) in [5.74, 6) is -2.07. The summed E-state index contributed by atoms with van der Waals surface area (Å²) in [5, 5.41) is 8.79. The van der Waals surface area contributed by atoms with Gasteiger partial charge in [0.1, 0.15) is 25.4 Å². The second-order valence-electron chi connectivity index (χ2n) is 11.8. The highest BCUT2D eigenvalue weighted by Gasteiger charge is 2.31. The van der Waals surface area contributed by atoms with Crippen molar-refractivity contribution in [2.75, 3.05) is 34.4 Å². The Balaban J connectivity index is 4.55. The molecule has 0 saturated carbocycles. The molecule has 41 heavy (non-hydrogen) atoms. The van der Waals surface area contributed by atoms with Gasteiger partial charge in [0, 0.05) is 25.7 Å². The van der Waals surface area contributed by atoms with Gasteiger partial charge in [-0.2, -0.15) is 0 Å². The Kier molecular flexibility index (Phi) is 22.1. The van der Waals surface area contributed by atoms with Gasteiger partial charge in [0.2, 0.25) is 0 Å². The Morgan fingerprint density at radius 3 is 1.71 bits per heavy atom. The maximum atomic E-state index is 12.4. The van der Waals surface area contributed by atoms with Gasteiger partial charge >= 0.3 is 17.9 Å². The lowest BCUT2D eigenvalue weighted by molar-refractivity contribution is -0.897. The number of phosphoric acid groups is 1. The standard InChI is InChI=1S/C29H56NO10P/c1-5-6-7-8-9-10-11-12-13-14-15-16-17-20-28(33)38-24-26(40-29(34)21-18-19-27(31)32)22-25(30(2,3)4)23-39-41(35,36)37/h25-26H,5-24H2,1-4H3,(H2-,31,32,35,36,37)/t25?,26-/m1/s1. The van der Waals surface area contributed by atoms with E-state index in [4.69, 9.17) is 19.5 Å². The van der Waals surface area contributed by atoms with E-state index < -0.39 is 37.9 Å². The lowest BCUT2D eigenvalue weighted by atomic mass is 10.0. The first-order valence-corrected chi connectivity index (χ1v) is 16.8. The van der Waals surface area contributed by atoms with Gasteiger partial charge in [-0.25, -0.2) is 0 Å². The zero-order valence-electron chi connectivity index (χ0n) is 25.9. The summed E-state index contributed by atoms with van der Waals surface area (Å²) in [5.41, 5.74) is 0. The smallest absolute Gasteiger partial charge is 0.306 e. The average molecular weight is 610 g/mol. The normalized spacial score (nSPS) is 14.7. The molecule has 0 aromatic rings. The summed E-state index contributed by atoms with van der Waals surface area (Å²) < 4.78 is 26.8. The monoisotopic (exact) mass is 609 g/mol. The number of nitrogens with zero attached hydrogens (tertiary/aromatic N) is 1. The summed E-state index contributed by atoms with van der Waals surface area (Å²) in [6.45, 7) is 1.65. The molecule has 0 aromatic heterocycles. The van der Waals surface area contributed by atoms with E-state index in [-0.39, 0.29) is 49.8 Å². The summed E-state index contributed by atoms with van der Waals surface area (Å²) in [4.78, 5) is 55.5. The minimum absolute atomic E-state index is 0.0974. The van der Waals surface area contributed by atoms with E-state index in [0.29, 0.717) is 6.42 Å². The van der Waals surface area contributed by atoms with Crippen LogP contribution in [0.2, 0.25) is 0 Å². The summed E-state index contributed by atoms with van der Waals surface area (Å²) in [7, 11) is 0.398. The fourth-order valence-corrected chi connectivity index (χ4v) is 4.78. The molecule has 0 saturated heterocycles. The molecule has 2 unspecified atom stereocenters. The third-order valence-corrected chi connectivity index (χ3v) is 7.52. The Hall–Kier alpha value is -1.52. The lowest BCUT2D eigenvalue weighted by Gasteiger charge is -2.36. The summed E-state index contributed by atoms with van der Waals surface area (Å²) in [6.07, 6.45) is 14.9. The van der Waals surface area contributed by atoms with Crippen LogP contribution in [0.3, 0.4) is 0 Å². The maximum absolute atomic E-state index is 12.4. The first-order valence-electron chi connectivity index (χ1n) is 15.3. The van der Waals surface area contributed by atoms with Crippen LogP contribution in [-0.2, 0) is 32.9 Å². The second kappa shape index (κ2) is 23.0. The van der Waals surface area contributed by atoms with E-state index in [1.165, 1.54) is 57.8 Å². The first-order chi connectivity index (χ1) is 19.2. The molecule has 0 rings (SSSR count). The van der Waals surface area contributed by atoms with E-state index in [1.807, 2.05) is 0 Å². The van der Waals surface area contributed by atoms with Gasteiger partial charge in [0.15, 0.2) is 0 Å². The molecule has 0 aliphatic heterocycles. The van der Waals surface area contributed by atoms with Crippen LogP contribution in [0.15, 0.2) is 0 Å². The Morgan fingerprint density at radius 2 is 1.24 bits per heavy atom. The number of aliphatic carboxylic acids is 1. The van der Waals surface area contributed by atoms with Crippen LogP contribution in [0, 0.1) is 0 Å². The number of carbonyl (C=O) groups is 3. The fourth-order valence-electron chi connectivity index (χ4n) is 4.42. The predicted octanol–water partition coefficient (Wildman–Crippen LogP) is 5.12. The molecule has 0 spiro atoms. The van der Waals surface area contributed by atoms with E-state index in [0.717, 1.165) is 19.3 Å². The van der Waals surface area contributed by atoms with Gasteiger partial charge in [-0.05, 0) is 12.8 Å². The molecule has 0 bridgehead atoms. The predicted molar refractivity (Wildman–Crippen MR) is 155 cm³/mol. The number of carbonyl (C=O) groups excluding carboxylic acids is 2. The van der Waals surface area contributed by atoms with E-state index in [1.54, 1.807) is 21.1 Å². The van der Waals surface area contributed by atoms with Crippen molar-refractivity contribution in [1.29, 1.82) is 0 Å². The van der Waals surface area contributed by atoms with Crippen molar-refractivity contribution in [3.05, 3.63) is 0 Å². The zero-order chi connectivity index (χ0) is 31.2. The van der Waals surface area contributed by atoms with Crippen molar-refractivity contribution in [2.24, 2.45) is 0 Å². The maximum Gasteiger partial charge on any atom is 0.306 e. The van der Waals surface area contributed by atoms with Crippen molar-refractivity contribution >= 4 is 25.7 Å². The molecule has 0 aliphatic rings. The SMILES string of the molecule is CCCCCCCCCCCCCCCC(=O)OC[C@@H](CC(COP(=O)([O-])O)[N+](C)(C)C)OC(=O)CCCC(=O)O. The number of rotatable bonds is 27.